The second-order valence-electron chi connectivity index (χ2n) is 14.8. The van der Waals surface area contributed by atoms with E-state index in [0.717, 1.165) is 0 Å². The lowest BCUT2D eigenvalue weighted by Gasteiger charge is -2.28. The lowest BCUT2D eigenvalue weighted by Crippen LogP contribution is -2.60. The first kappa shape index (κ1) is 58.4. The Kier molecular flexibility index (Phi) is 27.7. The molecule has 27 nitrogen and oxygen atoms in total. The molecule has 1 aliphatic heterocycles. The zero-order valence-electron chi connectivity index (χ0n) is 36.9. The number of carboxylic acids is 3. The van der Waals surface area contributed by atoms with Gasteiger partial charge in [0, 0.05) is 26.6 Å². The van der Waals surface area contributed by atoms with Gasteiger partial charge in [-0.1, -0.05) is 13.8 Å². The van der Waals surface area contributed by atoms with Crippen LogP contribution in [0.25, 0.3) is 0 Å². The van der Waals surface area contributed by atoms with E-state index in [-0.39, 0.29) is 26.4 Å². The quantitative estimate of drug-likeness (QED) is 0.0267. The topological polar surface area (TPSA) is 402 Å². The summed E-state index contributed by atoms with van der Waals surface area (Å²) in [7, 11) is 1.55. The van der Waals surface area contributed by atoms with Gasteiger partial charge in [-0.05, 0) is 19.3 Å². The van der Waals surface area contributed by atoms with Gasteiger partial charge in [0.1, 0.15) is 49.1 Å². The van der Waals surface area contributed by atoms with Gasteiger partial charge in [0.05, 0.1) is 59.1 Å². The van der Waals surface area contributed by atoms with Crippen LogP contribution in [-0.2, 0) is 71.6 Å². The summed E-state index contributed by atoms with van der Waals surface area (Å²) < 4.78 is 38.5. The van der Waals surface area contributed by atoms with Crippen molar-refractivity contribution in [3.63, 3.8) is 0 Å². The number of aliphatic hydroxyl groups is 2. The van der Waals surface area contributed by atoms with Crippen LogP contribution >= 0.6 is 0 Å². The number of aliphatic hydroxyl groups excluding tert-OH is 2. The number of hydrogen-bond donors (Lipinski definition) is 12. The Bertz CT molecular complexity index is 1640. The van der Waals surface area contributed by atoms with Crippen molar-refractivity contribution in [2.45, 2.75) is 101 Å². The molecule has 1 aliphatic rings. The number of carboxylic acid groups (broad SMARTS) is 3. The number of alkyl halides is 1. The molecule has 66 heavy (non-hydrogen) atoms. The standard InChI is InChI=1S/C38H62FN7O20/c1-19(2)27(36(59)44-22(17-25(49)50)34(57)42-20(3)32(55)41-9-10-63-13-14-65-16-15-64-12-11-62-4)46-33(56)21(5-6-24(47)48)43-35(58)23(18-26(51)52)45-38(61)31-29(54)28(53)30(66-31)37(60)40-8-7-39/h19-23,27-31,53-54H,5-18H2,1-4H3,(H,40,60)(H,41,55)(H,42,57)(H,43,58)(H,44,59)(H,45,61)(H,46,56)(H,47,48)(H,49,50)(H,51,52)/t20-,21?,22?,23+,27+,28?,29?,30?,31?/m1/s1. The van der Waals surface area contributed by atoms with Crippen LogP contribution in [0.3, 0.4) is 0 Å². The van der Waals surface area contributed by atoms with Crippen molar-refractivity contribution in [1.82, 2.24) is 37.2 Å². The Labute approximate surface area is 377 Å². The zero-order chi connectivity index (χ0) is 49.9. The van der Waals surface area contributed by atoms with E-state index in [4.69, 9.17) is 23.7 Å². The van der Waals surface area contributed by atoms with Crippen LogP contribution < -0.4 is 37.2 Å². The van der Waals surface area contributed by atoms with Crippen LogP contribution in [0.1, 0.15) is 46.5 Å². The molecule has 9 atom stereocenters. The molecule has 1 rings (SSSR count). The van der Waals surface area contributed by atoms with Crippen molar-refractivity contribution in [2.75, 3.05) is 73.1 Å². The van der Waals surface area contributed by atoms with E-state index in [9.17, 15) is 77.9 Å². The summed E-state index contributed by atoms with van der Waals surface area (Å²) in [5.74, 6) is -13.5. The van der Waals surface area contributed by atoms with Gasteiger partial charge in [-0.25, -0.2) is 4.39 Å². The first-order chi connectivity index (χ1) is 31.1. The third-order valence-corrected chi connectivity index (χ3v) is 9.20. The van der Waals surface area contributed by atoms with Crippen LogP contribution in [-0.4, -0.2) is 213 Å². The van der Waals surface area contributed by atoms with Gasteiger partial charge in [-0.2, -0.15) is 0 Å². The van der Waals surface area contributed by atoms with Crippen LogP contribution in [0, 0.1) is 5.92 Å². The number of carbonyl (C=O) groups is 10. The van der Waals surface area contributed by atoms with Gasteiger partial charge < -0.3 is 86.4 Å². The predicted molar refractivity (Wildman–Crippen MR) is 219 cm³/mol. The number of methoxy groups -OCH3 is 1. The molecule has 0 spiro atoms. The van der Waals surface area contributed by atoms with E-state index in [0.29, 0.717) is 26.4 Å². The minimum absolute atomic E-state index is 0.0313. The molecule has 0 aliphatic carbocycles. The summed E-state index contributed by atoms with van der Waals surface area (Å²) in [6, 6.07) is -8.54. The monoisotopic (exact) mass is 955 g/mol. The molecule has 0 aromatic heterocycles. The fourth-order valence-corrected chi connectivity index (χ4v) is 5.73. The highest BCUT2D eigenvalue weighted by Gasteiger charge is 2.50. The fraction of sp³-hybridized carbons (Fsp3) is 0.737. The van der Waals surface area contributed by atoms with Gasteiger partial charge >= 0.3 is 17.9 Å². The minimum Gasteiger partial charge on any atom is -0.481 e. The Morgan fingerprint density at radius 3 is 1.56 bits per heavy atom. The van der Waals surface area contributed by atoms with Crippen molar-refractivity contribution in [3.8, 4) is 0 Å². The van der Waals surface area contributed by atoms with Gasteiger partial charge in [0.2, 0.25) is 29.5 Å². The number of amides is 7. The second kappa shape index (κ2) is 31.3. The second-order valence-corrected chi connectivity index (χ2v) is 14.8. The highest BCUT2D eigenvalue weighted by molar-refractivity contribution is 5.98. The van der Waals surface area contributed by atoms with Gasteiger partial charge in [-0.3, -0.25) is 47.9 Å². The molecule has 0 bridgehead atoms. The molecule has 1 heterocycles. The molecule has 0 aromatic carbocycles. The molecule has 28 heteroatoms. The third-order valence-electron chi connectivity index (χ3n) is 9.20. The molecular weight excluding hydrogens is 893 g/mol. The maximum atomic E-state index is 13.6. The van der Waals surface area contributed by atoms with Crippen molar-refractivity contribution in [3.05, 3.63) is 0 Å². The molecule has 0 radical (unpaired) electrons. The van der Waals surface area contributed by atoms with Crippen LogP contribution in [0.15, 0.2) is 0 Å². The smallest absolute Gasteiger partial charge is 0.305 e. The number of hydrogen-bond acceptors (Lipinski definition) is 17. The van der Waals surface area contributed by atoms with E-state index >= 15 is 0 Å². The first-order valence-electron chi connectivity index (χ1n) is 20.7. The van der Waals surface area contributed by atoms with E-state index in [1.54, 1.807) is 7.11 Å². The van der Waals surface area contributed by atoms with E-state index in [1.807, 2.05) is 10.6 Å². The molecule has 0 aromatic rings. The highest BCUT2D eigenvalue weighted by Crippen LogP contribution is 2.22. The van der Waals surface area contributed by atoms with Gasteiger partial charge in [0.15, 0.2) is 12.2 Å². The number of rotatable bonds is 34. The van der Waals surface area contributed by atoms with Crippen molar-refractivity contribution < 1.29 is 102 Å². The van der Waals surface area contributed by atoms with Crippen LogP contribution in [0.4, 0.5) is 4.39 Å². The maximum Gasteiger partial charge on any atom is 0.305 e. The minimum atomic E-state index is -2.09. The number of aliphatic carboxylic acids is 3. The van der Waals surface area contributed by atoms with E-state index < -0.39 is 159 Å². The van der Waals surface area contributed by atoms with Crippen molar-refractivity contribution >= 4 is 59.3 Å². The maximum absolute atomic E-state index is 13.6. The lowest BCUT2D eigenvalue weighted by molar-refractivity contribution is -0.145. The van der Waals surface area contributed by atoms with E-state index in [1.165, 1.54) is 20.8 Å². The SMILES string of the molecule is COCCOCCOCCOCCNC(=O)[C@@H](C)NC(=O)C(CC(=O)O)NC(=O)[C@@H](NC(=O)C(CCC(=O)O)NC(=O)[C@H](CC(=O)O)NC(=O)C1OC(C(=O)NCCF)C(O)C1O)C(C)C. The molecule has 12 N–H and O–H groups in total. The summed E-state index contributed by atoms with van der Waals surface area (Å²) in [6.45, 7) is 4.84. The Morgan fingerprint density at radius 2 is 1.05 bits per heavy atom. The Morgan fingerprint density at radius 1 is 0.561 bits per heavy atom. The van der Waals surface area contributed by atoms with Crippen LogP contribution in [0.5, 0.6) is 0 Å². The summed E-state index contributed by atoms with van der Waals surface area (Å²) in [5.41, 5.74) is 0. The number of halogens is 1. The Hall–Kier alpha value is -5.65. The summed E-state index contributed by atoms with van der Waals surface area (Å²) in [4.78, 5) is 126. The Balaban J connectivity index is 3.00. The van der Waals surface area contributed by atoms with E-state index in [2.05, 4.69) is 26.6 Å². The first-order valence-corrected chi connectivity index (χ1v) is 20.7. The van der Waals surface area contributed by atoms with Crippen LogP contribution in [0.2, 0.25) is 0 Å². The summed E-state index contributed by atoms with van der Waals surface area (Å²) >= 11 is 0. The number of nitrogens with one attached hydrogen (secondary N) is 7. The average molecular weight is 956 g/mol. The number of ether oxygens (including phenoxy) is 5. The molecule has 1 saturated heterocycles. The third kappa shape index (κ3) is 22.0. The van der Waals surface area contributed by atoms with Crippen molar-refractivity contribution in [2.24, 2.45) is 5.92 Å². The molecule has 6 unspecified atom stereocenters. The average Bonchev–Trinajstić information content (AvgIpc) is 3.55. The number of carbonyl (C=O) groups excluding carboxylic acids is 7. The van der Waals surface area contributed by atoms with Crippen molar-refractivity contribution in [1.29, 1.82) is 0 Å². The highest BCUT2D eigenvalue weighted by atomic mass is 19.1. The molecule has 0 saturated carbocycles. The molecule has 7 amide bonds. The largest absolute Gasteiger partial charge is 0.481 e. The predicted octanol–water partition coefficient (Wildman–Crippen LogP) is -5.71. The fourth-order valence-electron chi connectivity index (χ4n) is 5.73. The van der Waals surface area contributed by atoms with Gasteiger partial charge in [-0.15, -0.1) is 0 Å². The normalized spacial score (nSPS) is 19.0. The molecular formula is C38H62FN7O20. The van der Waals surface area contributed by atoms with Gasteiger partial charge in [0.25, 0.3) is 11.8 Å². The summed E-state index contributed by atoms with van der Waals surface area (Å²) in [5, 5.41) is 64.3. The summed E-state index contributed by atoms with van der Waals surface area (Å²) in [6.07, 6.45) is -11.6. The molecule has 1 fully saturated rings. The molecule has 376 valence electrons. The zero-order valence-corrected chi connectivity index (χ0v) is 36.9. The lowest BCUT2D eigenvalue weighted by atomic mass is 10.0.